The van der Waals surface area contributed by atoms with Gasteiger partial charge in [-0.05, 0) is 24.6 Å². The molecular formula is C18H21N3O2. The Labute approximate surface area is 136 Å². The van der Waals surface area contributed by atoms with Crippen molar-refractivity contribution in [2.45, 2.75) is 19.1 Å². The van der Waals surface area contributed by atoms with Crippen LogP contribution in [0.3, 0.4) is 0 Å². The number of hydrogen-bond donors (Lipinski definition) is 1. The summed E-state index contributed by atoms with van der Waals surface area (Å²) in [5.41, 5.74) is 2.60. The van der Waals surface area contributed by atoms with Crippen LogP contribution in [-0.2, 0) is 4.74 Å². The minimum Gasteiger partial charge on any atom is -0.367 e. The maximum atomic E-state index is 11.8. The predicted octanol–water partition coefficient (Wildman–Crippen LogP) is 2.41. The number of rotatable bonds is 3. The molecule has 1 fully saturated rings. The second-order valence-corrected chi connectivity index (χ2v) is 5.73. The van der Waals surface area contributed by atoms with Gasteiger partial charge in [0.15, 0.2) is 0 Å². The van der Waals surface area contributed by atoms with Gasteiger partial charge in [-0.2, -0.15) is 0 Å². The minimum absolute atomic E-state index is 0.0246. The number of aromatic nitrogens is 1. The average molecular weight is 311 g/mol. The molecule has 120 valence electrons. The van der Waals surface area contributed by atoms with Gasteiger partial charge in [-0.3, -0.25) is 9.78 Å². The van der Waals surface area contributed by atoms with E-state index in [-0.39, 0.29) is 18.1 Å². The van der Waals surface area contributed by atoms with E-state index >= 15 is 0 Å². The summed E-state index contributed by atoms with van der Waals surface area (Å²) >= 11 is 0. The number of pyridine rings is 1. The molecule has 1 aromatic carbocycles. The van der Waals surface area contributed by atoms with Crippen LogP contribution in [0, 0.1) is 0 Å². The van der Waals surface area contributed by atoms with Crippen molar-refractivity contribution >= 4 is 11.6 Å². The lowest BCUT2D eigenvalue weighted by molar-refractivity contribution is -0.0173. The van der Waals surface area contributed by atoms with Gasteiger partial charge in [0.1, 0.15) is 11.8 Å². The van der Waals surface area contributed by atoms with Crippen molar-refractivity contribution in [2.75, 3.05) is 25.0 Å². The summed E-state index contributed by atoms with van der Waals surface area (Å²) < 4.78 is 6.09. The monoisotopic (exact) mass is 311 g/mol. The zero-order chi connectivity index (χ0) is 16.2. The molecule has 2 aromatic rings. The smallest absolute Gasteiger partial charge is 0.269 e. The second-order valence-electron chi connectivity index (χ2n) is 5.73. The van der Waals surface area contributed by atoms with E-state index in [1.54, 1.807) is 13.2 Å². The number of nitrogens with one attached hydrogen (secondary N) is 1. The summed E-state index contributed by atoms with van der Waals surface area (Å²) in [5.74, 6) is -0.173. The number of amides is 1. The third-order valence-electron chi connectivity index (χ3n) is 4.00. The molecule has 1 saturated heterocycles. The molecule has 0 aliphatic carbocycles. The Morgan fingerprint density at radius 2 is 2.04 bits per heavy atom. The Hall–Kier alpha value is -2.40. The summed E-state index contributed by atoms with van der Waals surface area (Å²) in [6, 6.07) is 14.0. The lowest BCUT2D eigenvalue weighted by Gasteiger charge is -2.38. The van der Waals surface area contributed by atoms with Crippen molar-refractivity contribution in [1.29, 1.82) is 0 Å². The zero-order valence-corrected chi connectivity index (χ0v) is 13.4. The number of morpholine rings is 1. The molecule has 0 radical (unpaired) electrons. The van der Waals surface area contributed by atoms with Gasteiger partial charge >= 0.3 is 0 Å². The summed E-state index contributed by atoms with van der Waals surface area (Å²) in [7, 11) is 1.61. The maximum Gasteiger partial charge on any atom is 0.269 e. The fourth-order valence-corrected chi connectivity index (χ4v) is 2.88. The molecule has 2 heterocycles. The van der Waals surface area contributed by atoms with Gasteiger partial charge in [0, 0.05) is 32.0 Å². The third kappa shape index (κ3) is 3.51. The highest BCUT2D eigenvalue weighted by Crippen LogP contribution is 2.28. The highest BCUT2D eigenvalue weighted by Gasteiger charge is 2.27. The first-order valence-electron chi connectivity index (χ1n) is 7.81. The summed E-state index contributed by atoms with van der Waals surface area (Å²) in [6.07, 6.45) is 1.82. The Morgan fingerprint density at radius 1 is 1.26 bits per heavy atom. The SMILES string of the molecule is CNC(=O)c1cc(N2C[C@@H](C)O[C@H](c3ccccc3)C2)ccn1. The fraction of sp³-hybridized carbons (Fsp3) is 0.333. The van der Waals surface area contributed by atoms with Crippen LogP contribution in [0.4, 0.5) is 5.69 Å². The van der Waals surface area contributed by atoms with E-state index in [1.807, 2.05) is 30.3 Å². The van der Waals surface area contributed by atoms with Crippen molar-refractivity contribution < 1.29 is 9.53 Å². The number of anilines is 1. The average Bonchev–Trinajstić information content (AvgIpc) is 2.61. The molecule has 0 spiro atoms. The van der Waals surface area contributed by atoms with Crippen LogP contribution in [-0.4, -0.2) is 37.1 Å². The lowest BCUT2D eigenvalue weighted by Crippen LogP contribution is -2.43. The highest BCUT2D eigenvalue weighted by atomic mass is 16.5. The quantitative estimate of drug-likeness (QED) is 0.946. The van der Waals surface area contributed by atoms with Gasteiger partial charge in [0.05, 0.1) is 6.10 Å². The summed E-state index contributed by atoms with van der Waals surface area (Å²) in [4.78, 5) is 18.2. The van der Waals surface area contributed by atoms with E-state index in [2.05, 4.69) is 34.3 Å². The van der Waals surface area contributed by atoms with Crippen LogP contribution in [0.2, 0.25) is 0 Å². The van der Waals surface area contributed by atoms with E-state index in [0.717, 1.165) is 18.8 Å². The summed E-state index contributed by atoms with van der Waals surface area (Å²) in [5, 5.41) is 2.61. The van der Waals surface area contributed by atoms with Crippen molar-refractivity contribution in [2.24, 2.45) is 0 Å². The molecule has 1 amide bonds. The Morgan fingerprint density at radius 3 is 2.78 bits per heavy atom. The number of benzene rings is 1. The van der Waals surface area contributed by atoms with Crippen LogP contribution >= 0.6 is 0 Å². The molecule has 1 N–H and O–H groups in total. The van der Waals surface area contributed by atoms with E-state index in [0.29, 0.717) is 5.69 Å². The number of carbonyl (C=O) groups excluding carboxylic acids is 1. The van der Waals surface area contributed by atoms with E-state index in [9.17, 15) is 4.79 Å². The van der Waals surface area contributed by atoms with Gasteiger partial charge in [-0.1, -0.05) is 30.3 Å². The van der Waals surface area contributed by atoms with Crippen LogP contribution in [0.15, 0.2) is 48.7 Å². The largest absolute Gasteiger partial charge is 0.367 e. The summed E-state index contributed by atoms with van der Waals surface area (Å²) in [6.45, 7) is 3.62. The number of nitrogens with zero attached hydrogens (tertiary/aromatic N) is 2. The van der Waals surface area contributed by atoms with Crippen LogP contribution in [0.1, 0.15) is 29.1 Å². The first kappa shape index (κ1) is 15.5. The predicted molar refractivity (Wildman–Crippen MR) is 89.6 cm³/mol. The Balaban J connectivity index is 1.83. The number of carbonyl (C=O) groups is 1. The van der Waals surface area contributed by atoms with Gasteiger partial charge in [-0.25, -0.2) is 0 Å². The Bertz CT molecular complexity index is 675. The van der Waals surface area contributed by atoms with Gasteiger partial charge in [0.25, 0.3) is 5.91 Å². The molecule has 0 saturated carbocycles. The molecule has 23 heavy (non-hydrogen) atoms. The molecule has 2 atom stereocenters. The molecule has 0 unspecified atom stereocenters. The maximum absolute atomic E-state index is 11.8. The molecule has 3 rings (SSSR count). The molecular weight excluding hydrogens is 290 g/mol. The first-order valence-corrected chi connectivity index (χ1v) is 7.81. The van der Waals surface area contributed by atoms with Crippen molar-refractivity contribution in [3.8, 4) is 0 Å². The lowest BCUT2D eigenvalue weighted by atomic mass is 10.1. The van der Waals surface area contributed by atoms with Gasteiger partial charge in [-0.15, -0.1) is 0 Å². The second kappa shape index (κ2) is 6.79. The number of ether oxygens (including phenoxy) is 1. The van der Waals surface area contributed by atoms with Gasteiger partial charge in [0.2, 0.25) is 0 Å². The van der Waals surface area contributed by atoms with Crippen molar-refractivity contribution in [3.05, 3.63) is 59.9 Å². The Kier molecular flexibility index (Phi) is 4.57. The molecule has 1 aliphatic heterocycles. The van der Waals surface area contributed by atoms with Crippen molar-refractivity contribution in [1.82, 2.24) is 10.3 Å². The molecule has 5 heteroatoms. The first-order chi connectivity index (χ1) is 11.2. The van der Waals surface area contributed by atoms with Crippen LogP contribution in [0.25, 0.3) is 0 Å². The van der Waals surface area contributed by atoms with E-state index in [1.165, 1.54) is 5.56 Å². The minimum atomic E-state index is -0.173. The molecule has 1 aromatic heterocycles. The van der Waals surface area contributed by atoms with E-state index in [4.69, 9.17) is 4.74 Å². The number of hydrogen-bond acceptors (Lipinski definition) is 4. The van der Waals surface area contributed by atoms with Crippen molar-refractivity contribution in [3.63, 3.8) is 0 Å². The topological polar surface area (TPSA) is 54.5 Å². The van der Waals surface area contributed by atoms with Crippen LogP contribution < -0.4 is 10.2 Å². The molecule has 5 nitrogen and oxygen atoms in total. The fourth-order valence-electron chi connectivity index (χ4n) is 2.88. The standard InChI is InChI=1S/C18H21N3O2/c1-13-11-21(12-17(23-13)14-6-4-3-5-7-14)15-8-9-20-16(10-15)18(22)19-2/h3-10,13,17H,11-12H2,1-2H3,(H,19,22)/t13-,17+/m1/s1. The van der Waals surface area contributed by atoms with E-state index < -0.39 is 0 Å². The zero-order valence-electron chi connectivity index (χ0n) is 13.4. The van der Waals surface area contributed by atoms with Crippen LogP contribution in [0.5, 0.6) is 0 Å². The third-order valence-corrected chi connectivity index (χ3v) is 4.00. The van der Waals surface area contributed by atoms with Gasteiger partial charge < -0.3 is 15.0 Å². The molecule has 0 bridgehead atoms. The highest BCUT2D eigenvalue weighted by molar-refractivity contribution is 5.92. The normalized spacial score (nSPS) is 21.0. The molecule has 1 aliphatic rings.